The Labute approximate surface area is 156 Å². The first-order valence-corrected chi connectivity index (χ1v) is 9.91. The third kappa shape index (κ3) is 3.39. The second-order valence-electron chi connectivity index (χ2n) is 6.17. The van der Waals surface area contributed by atoms with E-state index in [4.69, 9.17) is 0 Å². The minimum Gasteiger partial charge on any atom is -0.348 e. The van der Waals surface area contributed by atoms with Gasteiger partial charge in [0.25, 0.3) is 0 Å². The third-order valence-corrected chi connectivity index (χ3v) is 6.50. The smallest absolute Gasteiger partial charge is 0.334 e. The van der Waals surface area contributed by atoms with Crippen LogP contribution in [0.1, 0.15) is 12.6 Å². The van der Waals surface area contributed by atoms with Crippen molar-refractivity contribution < 1.29 is 17.7 Å². The van der Waals surface area contributed by atoms with Crippen LogP contribution >= 0.6 is 0 Å². The molecule has 146 valence electrons. The Morgan fingerprint density at radius 3 is 2.41 bits per heavy atom. The van der Waals surface area contributed by atoms with Gasteiger partial charge in [0.15, 0.2) is 0 Å². The number of sulfonamides is 1. The molecule has 0 radical (unpaired) electrons. The monoisotopic (exact) mass is 397 g/mol. The number of rotatable bonds is 5. The molecule has 0 N–H and O–H groups in total. The van der Waals surface area contributed by atoms with Crippen molar-refractivity contribution >= 4 is 21.5 Å². The Morgan fingerprint density at radius 2 is 1.85 bits per heavy atom. The molecule has 1 aliphatic heterocycles. The molecule has 11 heteroatoms. The summed E-state index contributed by atoms with van der Waals surface area (Å²) in [6.07, 6.45) is 0.422. The van der Waals surface area contributed by atoms with Crippen LogP contribution in [0.2, 0.25) is 0 Å². The van der Waals surface area contributed by atoms with E-state index in [1.54, 1.807) is 18.9 Å². The van der Waals surface area contributed by atoms with Crippen molar-refractivity contribution in [2.45, 2.75) is 18.2 Å². The molecule has 0 amide bonds. The Kier molecular flexibility index (Phi) is 5.16. The minimum atomic E-state index is -3.96. The van der Waals surface area contributed by atoms with Gasteiger partial charge in [-0.1, -0.05) is 19.1 Å². The fraction of sp³-hybridized carbons (Fsp3) is 0.438. The number of halogens is 1. The molecule has 1 aliphatic rings. The summed E-state index contributed by atoms with van der Waals surface area (Å²) in [6.45, 7) is 2.48. The summed E-state index contributed by atoms with van der Waals surface area (Å²) >= 11 is 0. The predicted molar refractivity (Wildman–Crippen MR) is 96.6 cm³/mol. The number of benzene rings is 1. The Bertz CT molecular complexity index is 967. The molecule has 1 saturated heterocycles. The van der Waals surface area contributed by atoms with E-state index in [-0.39, 0.29) is 36.8 Å². The standard InChI is InChI=1S/C16H20FN5O4S/c1-3-13-15(22(23)24)16(19(2)18-13)20-8-10-21(11-9-20)27(25,26)14-7-5-4-6-12(14)17/h4-7H,3,8-11H2,1-2H3. The summed E-state index contributed by atoms with van der Waals surface area (Å²) < 4.78 is 41.9. The van der Waals surface area contributed by atoms with E-state index < -0.39 is 20.8 Å². The second kappa shape index (κ2) is 7.24. The molecule has 2 aromatic rings. The lowest BCUT2D eigenvalue weighted by molar-refractivity contribution is -0.384. The lowest BCUT2D eigenvalue weighted by Gasteiger charge is -2.34. The molecule has 0 atom stereocenters. The number of anilines is 1. The van der Waals surface area contributed by atoms with Gasteiger partial charge in [0.05, 0.1) is 4.92 Å². The van der Waals surface area contributed by atoms with E-state index in [0.29, 0.717) is 17.9 Å². The first kappa shape index (κ1) is 19.2. The third-order valence-electron chi connectivity index (χ3n) is 4.57. The first-order valence-electron chi connectivity index (χ1n) is 8.47. The van der Waals surface area contributed by atoms with Crippen LogP contribution in [0, 0.1) is 15.9 Å². The lowest BCUT2D eigenvalue weighted by Crippen LogP contribution is -2.49. The average Bonchev–Trinajstić information content (AvgIpc) is 2.98. The second-order valence-corrected chi connectivity index (χ2v) is 8.08. The van der Waals surface area contributed by atoms with Crippen molar-refractivity contribution in [3.63, 3.8) is 0 Å². The molecule has 3 rings (SSSR count). The van der Waals surface area contributed by atoms with Crippen LogP contribution in [-0.4, -0.2) is 53.6 Å². The van der Waals surface area contributed by atoms with E-state index >= 15 is 0 Å². The molecule has 1 aromatic carbocycles. The molecular formula is C16H20FN5O4S. The van der Waals surface area contributed by atoms with Crippen LogP contribution in [0.3, 0.4) is 0 Å². The van der Waals surface area contributed by atoms with E-state index in [2.05, 4.69) is 5.10 Å². The topological polar surface area (TPSA) is 102 Å². The number of nitro groups is 1. The highest BCUT2D eigenvalue weighted by atomic mass is 32.2. The fourth-order valence-electron chi connectivity index (χ4n) is 3.27. The van der Waals surface area contributed by atoms with Crippen LogP contribution in [0.4, 0.5) is 15.9 Å². The molecule has 27 heavy (non-hydrogen) atoms. The first-order chi connectivity index (χ1) is 12.8. The minimum absolute atomic E-state index is 0.0505. The van der Waals surface area contributed by atoms with Crippen molar-refractivity contribution in [3.8, 4) is 0 Å². The van der Waals surface area contributed by atoms with Crippen molar-refractivity contribution in [2.75, 3.05) is 31.1 Å². The number of aromatic nitrogens is 2. The van der Waals surface area contributed by atoms with E-state index in [1.807, 2.05) is 0 Å². The average molecular weight is 397 g/mol. The van der Waals surface area contributed by atoms with Crippen LogP contribution in [-0.2, 0) is 23.5 Å². The predicted octanol–water partition coefficient (Wildman–Crippen LogP) is 1.54. The molecule has 0 spiro atoms. The Morgan fingerprint density at radius 1 is 1.22 bits per heavy atom. The lowest BCUT2D eigenvalue weighted by atomic mass is 10.2. The number of piperazine rings is 1. The molecule has 1 aromatic heterocycles. The van der Waals surface area contributed by atoms with Gasteiger partial charge in [-0.3, -0.25) is 10.1 Å². The van der Waals surface area contributed by atoms with Gasteiger partial charge in [-0.2, -0.15) is 9.40 Å². The van der Waals surface area contributed by atoms with Crippen molar-refractivity contribution in [3.05, 3.63) is 45.9 Å². The van der Waals surface area contributed by atoms with Gasteiger partial charge < -0.3 is 4.90 Å². The largest absolute Gasteiger partial charge is 0.348 e. The Hall–Kier alpha value is -2.53. The SMILES string of the molecule is CCc1nn(C)c(N2CCN(S(=O)(=O)c3ccccc3F)CC2)c1[N+](=O)[O-]. The van der Waals surface area contributed by atoms with Gasteiger partial charge in [-0.25, -0.2) is 17.5 Å². The maximum Gasteiger partial charge on any atom is 0.334 e. The zero-order valence-electron chi connectivity index (χ0n) is 15.0. The summed E-state index contributed by atoms with van der Waals surface area (Å²) in [5, 5.41) is 15.7. The van der Waals surface area contributed by atoms with E-state index in [1.165, 1.54) is 27.2 Å². The molecule has 2 heterocycles. The van der Waals surface area contributed by atoms with E-state index in [9.17, 15) is 22.9 Å². The fourth-order valence-corrected chi connectivity index (χ4v) is 4.76. The molecular weight excluding hydrogens is 377 g/mol. The van der Waals surface area contributed by atoms with Gasteiger partial charge in [0.2, 0.25) is 15.8 Å². The molecule has 1 fully saturated rings. The maximum absolute atomic E-state index is 13.9. The number of aryl methyl sites for hydroxylation is 2. The molecule has 9 nitrogen and oxygen atoms in total. The van der Waals surface area contributed by atoms with Gasteiger partial charge in [0, 0.05) is 33.2 Å². The number of hydrogen-bond acceptors (Lipinski definition) is 6. The van der Waals surface area contributed by atoms with Crippen LogP contribution in [0.25, 0.3) is 0 Å². The number of hydrogen-bond donors (Lipinski definition) is 0. The highest BCUT2D eigenvalue weighted by Crippen LogP contribution is 2.33. The Balaban J connectivity index is 1.84. The van der Waals surface area contributed by atoms with Gasteiger partial charge >= 0.3 is 5.69 Å². The van der Waals surface area contributed by atoms with Crippen molar-refractivity contribution in [1.29, 1.82) is 0 Å². The summed E-state index contributed by atoms with van der Waals surface area (Å²) in [6, 6.07) is 5.24. The van der Waals surface area contributed by atoms with Gasteiger partial charge in [-0.05, 0) is 18.6 Å². The molecule has 0 unspecified atom stereocenters. The summed E-state index contributed by atoms with van der Waals surface area (Å²) in [7, 11) is -2.33. The van der Waals surface area contributed by atoms with Crippen LogP contribution in [0.15, 0.2) is 29.2 Å². The highest BCUT2D eigenvalue weighted by Gasteiger charge is 2.35. The zero-order valence-corrected chi connectivity index (χ0v) is 15.8. The van der Waals surface area contributed by atoms with Gasteiger partial charge in [-0.15, -0.1) is 0 Å². The summed E-state index contributed by atoms with van der Waals surface area (Å²) in [5.41, 5.74) is 0.337. The van der Waals surface area contributed by atoms with Crippen molar-refractivity contribution in [2.24, 2.45) is 7.05 Å². The van der Waals surface area contributed by atoms with Crippen LogP contribution < -0.4 is 4.90 Å². The molecule has 0 saturated carbocycles. The zero-order chi connectivity index (χ0) is 19.8. The van der Waals surface area contributed by atoms with Crippen LogP contribution in [0.5, 0.6) is 0 Å². The highest BCUT2D eigenvalue weighted by molar-refractivity contribution is 7.89. The summed E-state index contributed by atoms with van der Waals surface area (Å²) in [5.74, 6) is -0.436. The molecule has 0 bridgehead atoms. The van der Waals surface area contributed by atoms with E-state index in [0.717, 1.165) is 6.07 Å². The van der Waals surface area contributed by atoms with Gasteiger partial charge in [0.1, 0.15) is 16.4 Å². The molecule has 0 aliphatic carbocycles. The number of nitrogens with zero attached hydrogens (tertiary/aromatic N) is 5. The quantitative estimate of drug-likeness (QED) is 0.560. The van der Waals surface area contributed by atoms with Crippen molar-refractivity contribution in [1.82, 2.24) is 14.1 Å². The normalized spacial score (nSPS) is 15.9. The maximum atomic E-state index is 13.9. The summed E-state index contributed by atoms with van der Waals surface area (Å²) in [4.78, 5) is 12.4.